The molecule has 202 valence electrons. The number of carbonyl (C=O) groups excluding carboxylic acids is 1. The van der Waals surface area contributed by atoms with Crippen LogP contribution in [0.5, 0.6) is 0 Å². The molecule has 2 aromatic rings. The molecule has 6 nitrogen and oxygen atoms in total. The summed E-state index contributed by atoms with van der Waals surface area (Å²) in [5, 5.41) is -0.738. The summed E-state index contributed by atoms with van der Waals surface area (Å²) < 4.78 is 69.9. The summed E-state index contributed by atoms with van der Waals surface area (Å²) in [6, 6.07) is 10.6. The molecule has 3 atom stereocenters. The van der Waals surface area contributed by atoms with E-state index in [1.54, 1.807) is 52.0 Å². The molecular formula is C28H35F2NO5S. The molecule has 2 aliphatic heterocycles. The van der Waals surface area contributed by atoms with Gasteiger partial charge < -0.3 is 9.47 Å². The molecule has 9 heteroatoms. The van der Waals surface area contributed by atoms with Gasteiger partial charge in [-0.3, -0.25) is 4.79 Å². The van der Waals surface area contributed by atoms with Crippen molar-refractivity contribution in [3.8, 4) is 0 Å². The summed E-state index contributed by atoms with van der Waals surface area (Å²) in [5.41, 5.74) is -0.255. The average molecular weight is 536 g/mol. The van der Waals surface area contributed by atoms with Gasteiger partial charge in [-0.25, -0.2) is 17.2 Å². The van der Waals surface area contributed by atoms with Crippen molar-refractivity contribution in [3.63, 3.8) is 0 Å². The van der Waals surface area contributed by atoms with Crippen LogP contribution in [0.4, 0.5) is 8.78 Å². The molecule has 0 radical (unpaired) electrons. The van der Waals surface area contributed by atoms with E-state index in [1.165, 1.54) is 4.31 Å². The van der Waals surface area contributed by atoms with Gasteiger partial charge in [0.15, 0.2) is 0 Å². The molecule has 0 amide bonds. The van der Waals surface area contributed by atoms with Gasteiger partial charge in [0.05, 0.1) is 19.1 Å². The number of sulfonamides is 1. The van der Waals surface area contributed by atoms with Crippen molar-refractivity contribution in [1.29, 1.82) is 0 Å². The van der Waals surface area contributed by atoms with E-state index in [2.05, 4.69) is 0 Å². The van der Waals surface area contributed by atoms with Gasteiger partial charge in [0, 0.05) is 29.6 Å². The van der Waals surface area contributed by atoms with E-state index >= 15 is 8.78 Å². The van der Waals surface area contributed by atoms with Crippen molar-refractivity contribution in [1.82, 2.24) is 4.31 Å². The topological polar surface area (TPSA) is 72.9 Å². The number of ether oxygens (including phenoxy) is 2. The average Bonchev–Trinajstić information content (AvgIpc) is 2.77. The molecule has 2 aliphatic rings. The van der Waals surface area contributed by atoms with Crippen LogP contribution in [0.15, 0.2) is 42.5 Å². The SMILES string of the molecule is C[C@H]1CC[C@H](c2ccccc2)S(=O)(=O)N1Cc1cc(F)c(C(CC2COC2)C(=O)OC(C)(C)C)cc1F. The number of carbonyl (C=O) groups is 1. The number of hydrogen-bond donors (Lipinski definition) is 0. The van der Waals surface area contributed by atoms with Crippen molar-refractivity contribution in [2.24, 2.45) is 5.92 Å². The summed E-state index contributed by atoms with van der Waals surface area (Å²) in [6.45, 7) is 7.56. The minimum atomic E-state index is -3.81. The van der Waals surface area contributed by atoms with Gasteiger partial charge in [-0.1, -0.05) is 30.3 Å². The summed E-state index contributed by atoms with van der Waals surface area (Å²) in [7, 11) is -3.81. The second-order valence-electron chi connectivity index (χ2n) is 11.1. The Morgan fingerprint density at radius 3 is 2.38 bits per heavy atom. The van der Waals surface area contributed by atoms with E-state index in [9.17, 15) is 13.2 Å². The first kappa shape index (κ1) is 27.7. The molecule has 0 N–H and O–H groups in total. The molecule has 1 unspecified atom stereocenters. The number of hydrogen-bond acceptors (Lipinski definition) is 5. The van der Waals surface area contributed by atoms with Crippen LogP contribution in [0.1, 0.15) is 74.8 Å². The lowest BCUT2D eigenvalue weighted by Crippen LogP contribution is -2.44. The Hall–Kier alpha value is -2.36. The van der Waals surface area contributed by atoms with Gasteiger partial charge >= 0.3 is 5.97 Å². The molecule has 2 fully saturated rings. The lowest BCUT2D eigenvalue weighted by atomic mass is 9.86. The molecule has 0 aromatic heterocycles. The maximum Gasteiger partial charge on any atom is 0.314 e. The maximum atomic E-state index is 15.5. The second kappa shape index (κ2) is 10.8. The Balaban J connectivity index is 1.62. The fourth-order valence-electron chi connectivity index (χ4n) is 4.99. The second-order valence-corrected chi connectivity index (χ2v) is 13.2. The summed E-state index contributed by atoms with van der Waals surface area (Å²) >= 11 is 0. The van der Waals surface area contributed by atoms with Crippen molar-refractivity contribution in [2.75, 3.05) is 13.2 Å². The lowest BCUT2D eigenvalue weighted by molar-refractivity contribution is -0.158. The first-order valence-corrected chi connectivity index (χ1v) is 14.2. The van der Waals surface area contributed by atoms with Crippen LogP contribution < -0.4 is 0 Å². The van der Waals surface area contributed by atoms with Crippen LogP contribution in [-0.4, -0.2) is 43.5 Å². The van der Waals surface area contributed by atoms with E-state index in [0.717, 1.165) is 12.1 Å². The number of halogens is 2. The smallest absolute Gasteiger partial charge is 0.314 e. The van der Waals surface area contributed by atoms with Gasteiger partial charge in [-0.2, -0.15) is 4.31 Å². The van der Waals surface area contributed by atoms with Crippen molar-refractivity contribution in [3.05, 3.63) is 70.8 Å². The van der Waals surface area contributed by atoms with Crippen LogP contribution in [0.25, 0.3) is 0 Å². The van der Waals surface area contributed by atoms with E-state index in [0.29, 0.717) is 31.6 Å². The zero-order chi connectivity index (χ0) is 27.0. The van der Waals surface area contributed by atoms with Crippen LogP contribution in [0.2, 0.25) is 0 Å². The van der Waals surface area contributed by atoms with Gasteiger partial charge in [-0.15, -0.1) is 0 Å². The van der Waals surface area contributed by atoms with Crippen LogP contribution in [-0.2, 0) is 30.8 Å². The zero-order valence-corrected chi connectivity index (χ0v) is 22.6. The molecule has 37 heavy (non-hydrogen) atoms. The fraction of sp³-hybridized carbons (Fsp3) is 0.536. The third-order valence-corrected chi connectivity index (χ3v) is 9.40. The van der Waals surface area contributed by atoms with Crippen LogP contribution in [0, 0.1) is 17.6 Å². The first-order valence-electron chi connectivity index (χ1n) is 12.7. The van der Waals surface area contributed by atoms with Crippen LogP contribution in [0.3, 0.4) is 0 Å². The number of benzene rings is 2. The minimum Gasteiger partial charge on any atom is -0.459 e. The maximum absolute atomic E-state index is 15.5. The Labute approximate surface area is 218 Å². The minimum absolute atomic E-state index is 0.0499. The van der Waals surface area contributed by atoms with Gasteiger partial charge in [-0.05, 0) is 64.7 Å². The van der Waals surface area contributed by atoms with E-state index in [1.807, 2.05) is 6.07 Å². The highest BCUT2D eigenvalue weighted by molar-refractivity contribution is 7.89. The Kier molecular flexibility index (Phi) is 8.07. The predicted octanol–water partition coefficient (Wildman–Crippen LogP) is 5.48. The van der Waals surface area contributed by atoms with Crippen molar-refractivity contribution >= 4 is 16.0 Å². The molecule has 2 aromatic carbocycles. The third-order valence-electron chi connectivity index (χ3n) is 7.03. The Bertz CT molecular complexity index is 1230. The predicted molar refractivity (Wildman–Crippen MR) is 136 cm³/mol. The molecule has 2 saturated heterocycles. The summed E-state index contributed by atoms with van der Waals surface area (Å²) in [5.74, 6) is -3.07. The van der Waals surface area contributed by atoms with Crippen molar-refractivity contribution < 1.29 is 31.5 Å². The Morgan fingerprint density at radius 1 is 1.11 bits per heavy atom. The van der Waals surface area contributed by atoms with E-state index in [4.69, 9.17) is 9.47 Å². The van der Waals surface area contributed by atoms with Gasteiger partial charge in [0.1, 0.15) is 22.5 Å². The molecule has 0 spiro atoms. The molecule has 0 bridgehead atoms. The summed E-state index contributed by atoms with van der Waals surface area (Å²) in [4.78, 5) is 13.0. The van der Waals surface area contributed by atoms with Crippen molar-refractivity contribution in [2.45, 2.75) is 76.3 Å². The highest BCUT2D eigenvalue weighted by Crippen LogP contribution is 2.39. The zero-order valence-electron chi connectivity index (χ0n) is 21.7. The lowest BCUT2D eigenvalue weighted by Gasteiger charge is -2.37. The normalized spacial score (nSPS) is 23.3. The Morgan fingerprint density at radius 2 is 1.78 bits per heavy atom. The molecule has 4 rings (SSSR count). The van der Waals surface area contributed by atoms with Crippen LogP contribution >= 0.6 is 0 Å². The largest absolute Gasteiger partial charge is 0.459 e. The number of rotatable bonds is 7. The third kappa shape index (κ3) is 6.21. The number of esters is 1. The monoisotopic (exact) mass is 535 g/mol. The quantitative estimate of drug-likeness (QED) is 0.439. The standard InChI is InChI=1S/C28H35F2NO5S/c1-18-10-11-26(20-8-6-5-7-9-20)37(33,34)31(18)15-21-13-25(30)22(14-24(21)29)23(12-19-16-35-17-19)27(32)36-28(2,3)4/h5-9,13-14,18-19,23,26H,10-12,15-17H2,1-4H3/t18-,23?,26+/m0/s1. The molecule has 0 saturated carbocycles. The van der Waals surface area contributed by atoms with Gasteiger partial charge in [0.2, 0.25) is 10.0 Å². The number of nitrogens with zero attached hydrogens (tertiary/aromatic N) is 1. The molecule has 2 heterocycles. The molecule has 0 aliphatic carbocycles. The fourth-order valence-corrected chi connectivity index (χ4v) is 7.18. The summed E-state index contributed by atoms with van der Waals surface area (Å²) in [6.07, 6.45) is 1.34. The highest BCUT2D eigenvalue weighted by Gasteiger charge is 2.41. The van der Waals surface area contributed by atoms with E-state index in [-0.39, 0.29) is 36.1 Å². The van der Waals surface area contributed by atoms with Gasteiger partial charge in [0.25, 0.3) is 0 Å². The highest BCUT2D eigenvalue weighted by atomic mass is 32.2. The first-order chi connectivity index (χ1) is 17.4. The molecular weight excluding hydrogens is 500 g/mol. The van der Waals surface area contributed by atoms with E-state index < -0.39 is 44.4 Å².